The molecular weight excluding hydrogens is 705 g/mol. The lowest BCUT2D eigenvalue weighted by atomic mass is 9.89. The van der Waals surface area contributed by atoms with Crippen LogP contribution in [-0.4, -0.2) is 121 Å². The number of hydrogen-bond donors (Lipinski definition) is 2. The summed E-state index contributed by atoms with van der Waals surface area (Å²) >= 11 is 1.51. The zero-order valence-corrected chi connectivity index (χ0v) is 34.4. The van der Waals surface area contributed by atoms with Gasteiger partial charge in [-0.2, -0.15) is 0 Å². The number of hydrogen-bond acceptors (Lipinski definition) is 9. The van der Waals surface area contributed by atoms with Gasteiger partial charge in [0.2, 0.25) is 24.1 Å². The first-order valence-corrected chi connectivity index (χ1v) is 20.6. The molecule has 2 fully saturated rings. The summed E-state index contributed by atoms with van der Waals surface area (Å²) in [4.78, 5) is 64.7. The third kappa shape index (κ3) is 10.9. The molecule has 0 radical (unpaired) electrons. The molecule has 4 rings (SSSR count). The Kier molecular flexibility index (Phi) is 16.9. The molecular formula is C41H64N6O6S. The Labute approximate surface area is 326 Å². The van der Waals surface area contributed by atoms with Crippen molar-refractivity contribution in [3.8, 4) is 0 Å². The van der Waals surface area contributed by atoms with E-state index in [1.165, 1.54) is 11.3 Å². The number of carbonyl (C=O) groups excluding carboxylic acids is 4. The highest BCUT2D eigenvalue weighted by Crippen LogP contribution is 2.31. The molecule has 0 spiro atoms. The average Bonchev–Trinajstić information content (AvgIpc) is 3.99. The van der Waals surface area contributed by atoms with Gasteiger partial charge in [-0.25, -0.2) is 4.98 Å². The number of thiazole rings is 1. The van der Waals surface area contributed by atoms with E-state index in [1.807, 2.05) is 61.4 Å². The first kappa shape index (κ1) is 43.3. The number of ether oxygens (including phenoxy) is 2. The normalized spacial score (nSPS) is 21.2. The fourth-order valence-corrected chi connectivity index (χ4v) is 9.16. The van der Waals surface area contributed by atoms with Gasteiger partial charge in [-0.1, -0.05) is 71.4 Å². The molecule has 2 aliphatic rings. The average molecular weight is 769 g/mol. The lowest BCUT2D eigenvalue weighted by Gasteiger charge is -2.42. The van der Waals surface area contributed by atoms with Crippen LogP contribution in [-0.2, 0) is 35.1 Å². The number of likely N-dealkylation sites (tertiary alicyclic amines) is 1. The van der Waals surface area contributed by atoms with Gasteiger partial charge in [-0.3, -0.25) is 19.2 Å². The molecule has 3 heterocycles. The number of rotatable bonds is 21. The van der Waals surface area contributed by atoms with Crippen LogP contribution in [0.3, 0.4) is 0 Å². The first-order chi connectivity index (χ1) is 25.9. The summed E-state index contributed by atoms with van der Waals surface area (Å²) in [5.74, 6) is -1.06. The highest BCUT2D eigenvalue weighted by Gasteiger charge is 2.43. The van der Waals surface area contributed by atoms with Crippen LogP contribution < -0.4 is 10.6 Å². The molecule has 1 unspecified atom stereocenters. The van der Waals surface area contributed by atoms with Gasteiger partial charge in [0.15, 0.2) is 0 Å². The molecule has 2 aliphatic heterocycles. The Morgan fingerprint density at radius 1 is 1.09 bits per heavy atom. The summed E-state index contributed by atoms with van der Waals surface area (Å²) in [5.41, 5.74) is 1.10. The van der Waals surface area contributed by atoms with Gasteiger partial charge in [0, 0.05) is 52.0 Å². The van der Waals surface area contributed by atoms with Gasteiger partial charge in [-0.15, -0.1) is 11.3 Å². The minimum atomic E-state index is -0.643. The third-order valence-corrected chi connectivity index (χ3v) is 12.5. The van der Waals surface area contributed by atoms with Crippen LogP contribution in [0.15, 0.2) is 41.9 Å². The smallest absolute Gasteiger partial charge is 0.245 e. The molecule has 2 aromatic rings. The summed E-state index contributed by atoms with van der Waals surface area (Å²) in [7, 11) is 4.97. The van der Waals surface area contributed by atoms with Crippen molar-refractivity contribution in [2.45, 2.75) is 122 Å². The van der Waals surface area contributed by atoms with Crippen molar-refractivity contribution in [3.63, 3.8) is 0 Å². The van der Waals surface area contributed by atoms with Crippen molar-refractivity contribution >= 4 is 35.5 Å². The summed E-state index contributed by atoms with van der Waals surface area (Å²) < 4.78 is 12.1. The molecule has 2 saturated heterocycles. The number of carbonyl (C=O) groups is 4. The molecule has 54 heavy (non-hydrogen) atoms. The Morgan fingerprint density at radius 2 is 1.83 bits per heavy atom. The van der Waals surface area contributed by atoms with Gasteiger partial charge < -0.3 is 34.8 Å². The largest absolute Gasteiger partial charge is 0.379 e. The van der Waals surface area contributed by atoms with Crippen LogP contribution >= 0.6 is 11.3 Å². The molecule has 1 aromatic heterocycles. The summed E-state index contributed by atoms with van der Waals surface area (Å²) in [6.07, 6.45) is 6.38. The van der Waals surface area contributed by atoms with Crippen molar-refractivity contribution in [1.82, 2.24) is 30.3 Å². The van der Waals surface area contributed by atoms with E-state index in [9.17, 15) is 19.2 Å². The molecule has 300 valence electrons. The van der Waals surface area contributed by atoms with Crippen LogP contribution in [0.4, 0.5) is 0 Å². The number of methoxy groups -OCH3 is 2. The van der Waals surface area contributed by atoms with Gasteiger partial charge in [0.25, 0.3) is 0 Å². The molecule has 0 bridgehead atoms. The number of nitrogens with one attached hydrogen (secondary N) is 2. The van der Waals surface area contributed by atoms with Crippen molar-refractivity contribution in [2.24, 2.45) is 17.8 Å². The minimum Gasteiger partial charge on any atom is -0.379 e. The van der Waals surface area contributed by atoms with E-state index in [-0.39, 0.29) is 54.1 Å². The van der Waals surface area contributed by atoms with E-state index >= 15 is 0 Å². The molecule has 13 heteroatoms. The Balaban J connectivity index is 1.48. The van der Waals surface area contributed by atoms with Crippen LogP contribution in [0, 0.1) is 17.8 Å². The zero-order chi connectivity index (χ0) is 39.4. The SMILES string of the molecule is CC[C@H](C)[C@@H]([C@@H](CC(=O)N1CCC[C@H]1[C@H](OC)[C@@H](C)C(=O)NC(Cc1ccccc1)c1nccs1)OC)N(C)C(=O)[C@H](C(C)C)N(C=O)C[C@@H]1CCCN1. The number of amides is 4. The van der Waals surface area contributed by atoms with Crippen LogP contribution in [0.5, 0.6) is 0 Å². The zero-order valence-electron chi connectivity index (χ0n) is 33.6. The molecule has 0 aliphatic carbocycles. The maximum atomic E-state index is 14.4. The quantitative estimate of drug-likeness (QED) is 0.175. The second kappa shape index (κ2) is 21.1. The van der Waals surface area contributed by atoms with Gasteiger partial charge in [0.1, 0.15) is 11.0 Å². The van der Waals surface area contributed by atoms with Crippen molar-refractivity contribution in [1.29, 1.82) is 0 Å². The predicted octanol–water partition coefficient (Wildman–Crippen LogP) is 4.70. The maximum absolute atomic E-state index is 14.4. The highest BCUT2D eigenvalue weighted by molar-refractivity contribution is 7.09. The number of nitrogens with zero attached hydrogens (tertiary/aromatic N) is 4. The minimum absolute atomic E-state index is 0.0113. The van der Waals surface area contributed by atoms with Gasteiger partial charge in [-0.05, 0) is 56.0 Å². The second-order valence-electron chi connectivity index (χ2n) is 15.5. The van der Waals surface area contributed by atoms with E-state index in [0.29, 0.717) is 25.9 Å². The van der Waals surface area contributed by atoms with Crippen LogP contribution in [0.2, 0.25) is 0 Å². The van der Waals surface area contributed by atoms with Crippen molar-refractivity contribution < 1.29 is 28.7 Å². The first-order valence-electron chi connectivity index (χ1n) is 19.7. The topological polar surface area (TPSA) is 133 Å². The number of likely N-dealkylation sites (N-methyl/N-ethyl adjacent to an activating group) is 1. The third-order valence-electron chi connectivity index (χ3n) is 11.6. The predicted molar refractivity (Wildman–Crippen MR) is 212 cm³/mol. The molecule has 0 saturated carbocycles. The van der Waals surface area contributed by atoms with Crippen LogP contribution in [0.25, 0.3) is 0 Å². The Morgan fingerprint density at radius 3 is 2.41 bits per heavy atom. The van der Waals surface area contributed by atoms with E-state index < -0.39 is 30.2 Å². The van der Waals surface area contributed by atoms with E-state index in [1.54, 1.807) is 37.3 Å². The molecule has 12 nitrogen and oxygen atoms in total. The maximum Gasteiger partial charge on any atom is 0.245 e. The lowest BCUT2D eigenvalue weighted by molar-refractivity contribution is -0.150. The standard InChI is InChI=1S/C41H64N6O6S/c1-9-28(4)37(45(6)41(51)36(27(2)3)46(26-48)25-31-17-13-19-42-31)34(52-7)24-35(49)47-21-14-18-33(47)38(53-8)29(5)39(50)44-32(40-43-20-22-54-40)23-30-15-11-10-12-16-30/h10-12,15-16,20,22,26-29,31-34,36-38,42H,9,13-14,17-19,21,23-25H2,1-8H3,(H,44,50)/t28-,29+,31-,32?,33-,34+,36-,37-,38+/m0/s1. The highest BCUT2D eigenvalue weighted by atomic mass is 32.1. The molecule has 4 amide bonds. The van der Waals surface area contributed by atoms with Crippen LogP contribution in [0.1, 0.15) is 89.8 Å². The molecule has 9 atom stereocenters. The fraction of sp³-hybridized carbons (Fsp3) is 0.683. The fourth-order valence-electron chi connectivity index (χ4n) is 8.47. The van der Waals surface area contributed by atoms with Crippen molar-refractivity contribution in [2.75, 3.05) is 40.9 Å². The van der Waals surface area contributed by atoms with Gasteiger partial charge >= 0.3 is 0 Å². The molecule has 1 aromatic carbocycles. The van der Waals surface area contributed by atoms with Gasteiger partial charge in [0.05, 0.1) is 42.7 Å². The summed E-state index contributed by atoms with van der Waals surface area (Å²) in [5, 5.41) is 9.42. The summed E-state index contributed by atoms with van der Waals surface area (Å²) in [6, 6.07) is 8.54. The van der Waals surface area contributed by atoms with E-state index in [4.69, 9.17) is 9.47 Å². The second-order valence-corrected chi connectivity index (χ2v) is 16.4. The summed E-state index contributed by atoms with van der Waals surface area (Å²) in [6.45, 7) is 11.9. The Bertz CT molecular complexity index is 1460. The monoisotopic (exact) mass is 768 g/mol. The number of aromatic nitrogens is 1. The Hall–Kier alpha value is -3.39. The van der Waals surface area contributed by atoms with E-state index in [0.717, 1.165) is 49.2 Å². The number of benzene rings is 1. The lowest BCUT2D eigenvalue weighted by Crippen LogP contribution is -2.58. The van der Waals surface area contributed by atoms with E-state index in [2.05, 4.69) is 29.5 Å². The van der Waals surface area contributed by atoms with Crippen molar-refractivity contribution in [3.05, 3.63) is 52.5 Å². The molecule has 2 N–H and O–H groups in total.